The fraction of sp³-hybridized carbons (Fsp3) is 0.417. The summed E-state index contributed by atoms with van der Waals surface area (Å²) in [4.78, 5) is 21.4. The van der Waals surface area contributed by atoms with Crippen LogP contribution in [0.3, 0.4) is 0 Å². The Morgan fingerprint density at radius 1 is 1.47 bits per heavy atom. The summed E-state index contributed by atoms with van der Waals surface area (Å²) in [6.45, 7) is 3.06. The highest BCUT2D eigenvalue weighted by molar-refractivity contribution is 9.10. The van der Waals surface area contributed by atoms with Crippen molar-refractivity contribution in [1.29, 1.82) is 0 Å². The van der Waals surface area contributed by atoms with Crippen LogP contribution in [0.2, 0.25) is 0 Å². The number of rotatable bonds is 7. The Balaban J connectivity index is 2.45. The zero-order chi connectivity index (χ0) is 14.3. The molecule has 1 rings (SSSR count). The summed E-state index contributed by atoms with van der Waals surface area (Å²) in [7, 11) is 0. The monoisotopic (exact) mass is 330 g/mol. The quantitative estimate of drug-likeness (QED) is 0.359. The Kier molecular flexibility index (Phi) is 6.44. The Hall–Kier alpha value is -1.47. The predicted molar refractivity (Wildman–Crippen MR) is 73.8 cm³/mol. The molecule has 0 fully saturated rings. The number of nitrogens with zero attached hydrogens (tertiary/aromatic N) is 1. The Morgan fingerprint density at radius 2 is 2.21 bits per heavy atom. The first kappa shape index (κ1) is 15.6. The average molecular weight is 331 g/mol. The van der Waals surface area contributed by atoms with Gasteiger partial charge in [0.25, 0.3) is 5.69 Å². The van der Waals surface area contributed by atoms with E-state index in [1.54, 1.807) is 13.0 Å². The predicted octanol–water partition coefficient (Wildman–Crippen LogP) is 2.40. The molecule has 0 aliphatic carbocycles. The van der Waals surface area contributed by atoms with Crippen molar-refractivity contribution in [1.82, 2.24) is 5.32 Å². The second kappa shape index (κ2) is 7.85. The highest BCUT2D eigenvalue weighted by atomic mass is 79.9. The van der Waals surface area contributed by atoms with Gasteiger partial charge in [-0.1, -0.05) is 15.9 Å². The van der Waals surface area contributed by atoms with Gasteiger partial charge >= 0.3 is 5.97 Å². The Morgan fingerprint density at radius 3 is 2.84 bits per heavy atom. The number of benzene rings is 1. The van der Waals surface area contributed by atoms with Crippen LogP contribution < -0.4 is 5.32 Å². The first-order chi connectivity index (χ1) is 9.02. The molecule has 0 atom stereocenters. The number of hydrogen-bond donors (Lipinski definition) is 1. The van der Waals surface area contributed by atoms with E-state index in [0.717, 1.165) is 5.56 Å². The van der Waals surface area contributed by atoms with Gasteiger partial charge in [0.2, 0.25) is 0 Å². The summed E-state index contributed by atoms with van der Waals surface area (Å²) in [6.07, 6.45) is 0.282. The molecule has 1 aromatic carbocycles. The molecule has 0 saturated heterocycles. The van der Waals surface area contributed by atoms with Crippen LogP contribution in [0.5, 0.6) is 0 Å². The molecule has 1 aromatic rings. The number of halogens is 1. The van der Waals surface area contributed by atoms with Crippen LogP contribution in [0.25, 0.3) is 0 Å². The third kappa shape index (κ3) is 5.80. The maximum absolute atomic E-state index is 11.1. The summed E-state index contributed by atoms with van der Waals surface area (Å²) in [6, 6.07) is 4.74. The lowest BCUT2D eigenvalue weighted by Crippen LogP contribution is -2.19. The molecule has 0 radical (unpaired) electrons. The molecule has 0 aliphatic rings. The number of nitro benzene ring substituents is 1. The fourth-order valence-electron chi connectivity index (χ4n) is 1.50. The maximum atomic E-state index is 11.1. The molecule has 0 aliphatic heterocycles. The molecule has 0 heterocycles. The largest absolute Gasteiger partial charge is 0.466 e. The minimum Gasteiger partial charge on any atom is -0.466 e. The van der Waals surface area contributed by atoms with Crippen molar-refractivity contribution in [3.63, 3.8) is 0 Å². The third-order valence-corrected chi connectivity index (χ3v) is 2.75. The van der Waals surface area contributed by atoms with Crippen LogP contribution >= 0.6 is 15.9 Å². The normalized spacial score (nSPS) is 10.2. The van der Waals surface area contributed by atoms with Crippen molar-refractivity contribution in [3.05, 3.63) is 38.3 Å². The zero-order valence-electron chi connectivity index (χ0n) is 10.5. The number of carbonyl (C=O) groups excluding carboxylic acids is 1. The summed E-state index contributed by atoms with van der Waals surface area (Å²) in [5, 5.41) is 13.7. The van der Waals surface area contributed by atoms with Gasteiger partial charge in [-0.15, -0.1) is 0 Å². The standard InChI is InChI=1S/C12H15BrN2O4/c1-2-19-12(16)3-4-14-8-9-5-10(13)7-11(6-9)15(17)18/h5-7,14H,2-4,8H2,1H3. The molecule has 0 unspecified atom stereocenters. The summed E-state index contributed by atoms with van der Waals surface area (Å²) in [5.74, 6) is -0.254. The summed E-state index contributed by atoms with van der Waals surface area (Å²) < 4.78 is 5.44. The van der Waals surface area contributed by atoms with E-state index >= 15 is 0 Å². The molecule has 0 aromatic heterocycles. The van der Waals surface area contributed by atoms with Crippen LogP contribution in [0.1, 0.15) is 18.9 Å². The molecular formula is C12H15BrN2O4. The van der Waals surface area contributed by atoms with Crippen molar-refractivity contribution in [2.75, 3.05) is 13.2 Å². The average Bonchev–Trinajstić information content (AvgIpc) is 2.34. The Bertz CT molecular complexity index is 465. The van der Waals surface area contributed by atoms with Crippen molar-refractivity contribution in [3.8, 4) is 0 Å². The SMILES string of the molecule is CCOC(=O)CCNCc1cc(Br)cc([N+](=O)[O-])c1. The minimum atomic E-state index is -0.438. The van der Waals surface area contributed by atoms with E-state index in [-0.39, 0.29) is 18.1 Å². The van der Waals surface area contributed by atoms with E-state index in [1.807, 2.05) is 0 Å². The number of nitro groups is 1. The van der Waals surface area contributed by atoms with Crippen molar-refractivity contribution < 1.29 is 14.5 Å². The zero-order valence-corrected chi connectivity index (χ0v) is 12.1. The van der Waals surface area contributed by atoms with E-state index in [0.29, 0.717) is 24.2 Å². The topological polar surface area (TPSA) is 81.5 Å². The number of non-ortho nitro benzene ring substituents is 1. The second-order valence-electron chi connectivity index (χ2n) is 3.81. The van der Waals surface area contributed by atoms with Crippen LogP contribution in [-0.4, -0.2) is 24.0 Å². The van der Waals surface area contributed by atoms with E-state index in [1.165, 1.54) is 12.1 Å². The molecule has 0 saturated carbocycles. The highest BCUT2D eigenvalue weighted by Crippen LogP contribution is 2.21. The highest BCUT2D eigenvalue weighted by Gasteiger charge is 2.08. The summed E-state index contributed by atoms with van der Waals surface area (Å²) in [5.41, 5.74) is 0.821. The van der Waals surface area contributed by atoms with Crippen LogP contribution in [0, 0.1) is 10.1 Å². The van der Waals surface area contributed by atoms with E-state index < -0.39 is 4.92 Å². The maximum Gasteiger partial charge on any atom is 0.307 e. The van der Waals surface area contributed by atoms with Gasteiger partial charge in [0.05, 0.1) is 18.0 Å². The first-order valence-corrected chi connectivity index (χ1v) is 6.62. The molecule has 1 N–H and O–H groups in total. The lowest BCUT2D eigenvalue weighted by Gasteiger charge is -2.05. The van der Waals surface area contributed by atoms with Crippen molar-refractivity contribution in [2.45, 2.75) is 19.9 Å². The lowest BCUT2D eigenvalue weighted by atomic mass is 10.2. The molecule has 0 bridgehead atoms. The van der Waals surface area contributed by atoms with Gasteiger partial charge in [-0.25, -0.2) is 0 Å². The van der Waals surface area contributed by atoms with E-state index in [9.17, 15) is 14.9 Å². The third-order valence-electron chi connectivity index (χ3n) is 2.29. The number of hydrogen-bond acceptors (Lipinski definition) is 5. The molecule has 104 valence electrons. The van der Waals surface area contributed by atoms with Crippen molar-refractivity contribution >= 4 is 27.6 Å². The smallest absolute Gasteiger partial charge is 0.307 e. The van der Waals surface area contributed by atoms with Gasteiger partial charge in [0, 0.05) is 29.7 Å². The first-order valence-electron chi connectivity index (χ1n) is 5.83. The molecule has 6 nitrogen and oxygen atoms in total. The van der Waals surface area contributed by atoms with Gasteiger partial charge < -0.3 is 10.1 Å². The Labute approximate surface area is 119 Å². The fourth-order valence-corrected chi connectivity index (χ4v) is 2.03. The molecule has 7 heteroatoms. The van der Waals surface area contributed by atoms with Gasteiger partial charge in [0.1, 0.15) is 0 Å². The number of carbonyl (C=O) groups is 1. The molecule has 19 heavy (non-hydrogen) atoms. The van der Waals surface area contributed by atoms with Gasteiger partial charge in [-0.05, 0) is 18.6 Å². The van der Waals surface area contributed by atoms with Crippen LogP contribution in [0.15, 0.2) is 22.7 Å². The molecule has 0 amide bonds. The van der Waals surface area contributed by atoms with Crippen molar-refractivity contribution in [2.24, 2.45) is 0 Å². The van der Waals surface area contributed by atoms with Gasteiger partial charge in [-0.2, -0.15) is 0 Å². The van der Waals surface area contributed by atoms with Crippen LogP contribution in [-0.2, 0) is 16.1 Å². The van der Waals surface area contributed by atoms with Crippen LogP contribution in [0.4, 0.5) is 5.69 Å². The number of ether oxygens (including phenoxy) is 1. The summed E-state index contributed by atoms with van der Waals surface area (Å²) >= 11 is 3.23. The number of esters is 1. The van der Waals surface area contributed by atoms with E-state index in [4.69, 9.17) is 4.74 Å². The lowest BCUT2D eigenvalue weighted by molar-refractivity contribution is -0.385. The number of nitrogens with one attached hydrogen (secondary N) is 1. The molecular weight excluding hydrogens is 316 g/mol. The molecule has 0 spiro atoms. The minimum absolute atomic E-state index is 0.0385. The van der Waals surface area contributed by atoms with Gasteiger partial charge in [0.15, 0.2) is 0 Å². The second-order valence-corrected chi connectivity index (χ2v) is 4.72. The van der Waals surface area contributed by atoms with E-state index in [2.05, 4.69) is 21.2 Å². The van der Waals surface area contributed by atoms with Gasteiger partial charge in [-0.3, -0.25) is 14.9 Å².